The van der Waals surface area contributed by atoms with Crippen molar-refractivity contribution in [3.8, 4) is 0 Å². The number of hydrogen-bond acceptors (Lipinski definition) is 2. The first-order valence-electron chi connectivity index (χ1n) is 6.88. The van der Waals surface area contributed by atoms with Crippen molar-refractivity contribution in [2.24, 2.45) is 17.4 Å². The number of nitrogens with two attached hydrogens (primary N) is 2. The molecule has 92 valence electrons. The number of hydrogen-bond donors (Lipinski definition) is 2. The van der Waals surface area contributed by atoms with Gasteiger partial charge in [-0.3, -0.25) is 0 Å². The standard InChI is InChI=1S/C14H26N2/c1-11(12-7-3-2-4-8-12)14(16)10-6-5-9-13(14)15/h12-13H,1-10,15-16H2. The second-order valence-electron chi connectivity index (χ2n) is 5.75. The van der Waals surface area contributed by atoms with E-state index >= 15 is 0 Å². The van der Waals surface area contributed by atoms with Crippen molar-refractivity contribution >= 4 is 0 Å². The molecule has 2 aliphatic carbocycles. The second-order valence-corrected chi connectivity index (χ2v) is 5.75. The van der Waals surface area contributed by atoms with E-state index in [1.165, 1.54) is 50.5 Å². The summed E-state index contributed by atoms with van der Waals surface area (Å²) in [5.74, 6) is 0.642. The fourth-order valence-corrected chi connectivity index (χ4v) is 3.45. The van der Waals surface area contributed by atoms with E-state index in [1.807, 2.05) is 0 Å². The lowest BCUT2D eigenvalue weighted by molar-refractivity contribution is 0.256. The van der Waals surface area contributed by atoms with Gasteiger partial charge in [0, 0.05) is 6.04 Å². The van der Waals surface area contributed by atoms with Crippen LogP contribution in [0.3, 0.4) is 0 Å². The highest BCUT2D eigenvalue weighted by atomic mass is 14.9. The van der Waals surface area contributed by atoms with Crippen LogP contribution in [0.2, 0.25) is 0 Å². The molecule has 2 atom stereocenters. The molecule has 2 aliphatic rings. The van der Waals surface area contributed by atoms with Gasteiger partial charge in [-0.25, -0.2) is 0 Å². The molecular formula is C14H26N2. The van der Waals surface area contributed by atoms with Gasteiger partial charge >= 0.3 is 0 Å². The minimum atomic E-state index is -0.264. The van der Waals surface area contributed by atoms with Crippen molar-refractivity contribution in [1.82, 2.24) is 0 Å². The maximum Gasteiger partial charge on any atom is 0.0522 e. The molecular weight excluding hydrogens is 196 g/mol. The first-order chi connectivity index (χ1) is 7.64. The van der Waals surface area contributed by atoms with Crippen molar-refractivity contribution in [2.75, 3.05) is 0 Å². The monoisotopic (exact) mass is 222 g/mol. The first kappa shape index (κ1) is 12.1. The Hall–Kier alpha value is -0.340. The fraction of sp³-hybridized carbons (Fsp3) is 0.857. The highest BCUT2D eigenvalue weighted by molar-refractivity contribution is 5.24. The molecule has 0 heterocycles. The molecule has 2 heteroatoms. The Morgan fingerprint density at radius 1 is 1.00 bits per heavy atom. The van der Waals surface area contributed by atoms with Crippen molar-refractivity contribution in [2.45, 2.75) is 69.4 Å². The van der Waals surface area contributed by atoms with Gasteiger partial charge in [0.2, 0.25) is 0 Å². The van der Waals surface area contributed by atoms with E-state index in [0.717, 1.165) is 12.8 Å². The van der Waals surface area contributed by atoms with Gasteiger partial charge in [-0.05, 0) is 31.6 Å². The molecule has 2 nitrogen and oxygen atoms in total. The molecule has 0 aliphatic heterocycles. The van der Waals surface area contributed by atoms with Gasteiger partial charge in [0.25, 0.3) is 0 Å². The minimum absolute atomic E-state index is 0.135. The topological polar surface area (TPSA) is 52.0 Å². The van der Waals surface area contributed by atoms with Crippen LogP contribution in [-0.4, -0.2) is 11.6 Å². The molecule has 0 amide bonds. The molecule has 0 aromatic carbocycles. The van der Waals surface area contributed by atoms with Crippen molar-refractivity contribution in [1.29, 1.82) is 0 Å². The van der Waals surface area contributed by atoms with Crippen molar-refractivity contribution < 1.29 is 0 Å². The average Bonchev–Trinajstić information content (AvgIpc) is 2.33. The minimum Gasteiger partial charge on any atom is -0.326 e. The van der Waals surface area contributed by atoms with E-state index in [-0.39, 0.29) is 11.6 Å². The van der Waals surface area contributed by atoms with Gasteiger partial charge in [0.1, 0.15) is 0 Å². The van der Waals surface area contributed by atoms with E-state index in [4.69, 9.17) is 11.5 Å². The van der Waals surface area contributed by atoms with E-state index < -0.39 is 0 Å². The van der Waals surface area contributed by atoms with Crippen LogP contribution in [-0.2, 0) is 0 Å². The van der Waals surface area contributed by atoms with Crippen LogP contribution in [0, 0.1) is 5.92 Å². The maximum atomic E-state index is 6.55. The van der Waals surface area contributed by atoms with E-state index in [9.17, 15) is 0 Å². The SMILES string of the molecule is C=C(C1CCCCC1)C1(N)CCCCC1N. The Bertz CT molecular complexity index is 255. The van der Waals surface area contributed by atoms with Gasteiger partial charge in [0.15, 0.2) is 0 Å². The third-order valence-electron chi connectivity index (χ3n) is 4.71. The zero-order valence-corrected chi connectivity index (χ0v) is 10.4. The molecule has 0 bridgehead atoms. The van der Waals surface area contributed by atoms with Gasteiger partial charge < -0.3 is 11.5 Å². The van der Waals surface area contributed by atoms with Crippen LogP contribution >= 0.6 is 0 Å². The third-order valence-corrected chi connectivity index (χ3v) is 4.71. The van der Waals surface area contributed by atoms with Crippen LogP contribution in [0.4, 0.5) is 0 Å². The summed E-state index contributed by atoms with van der Waals surface area (Å²) in [6, 6.07) is 0.135. The zero-order valence-electron chi connectivity index (χ0n) is 10.4. The first-order valence-corrected chi connectivity index (χ1v) is 6.88. The zero-order chi connectivity index (χ0) is 11.6. The molecule has 0 aromatic rings. The van der Waals surface area contributed by atoms with Crippen LogP contribution in [0.5, 0.6) is 0 Å². The fourth-order valence-electron chi connectivity index (χ4n) is 3.45. The van der Waals surface area contributed by atoms with Gasteiger partial charge in [-0.2, -0.15) is 0 Å². The van der Waals surface area contributed by atoms with E-state index in [1.54, 1.807) is 0 Å². The molecule has 4 N–H and O–H groups in total. The largest absolute Gasteiger partial charge is 0.326 e. The maximum absolute atomic E-state index is 6.55. The summed E-state index contributed by atoms with van der Waals surface area (Å²) >= 11 is 0. The Balaban J connectivity index is 2.05. The van der Waals surface area contributed by atoms with Gasteiger partial charge in [-0.15, -0.1) is 0 Å². The molecule has 2 rings (SSSR count). The molecule has 0 radical (unpaired) electrons. The Labute approximate surface area is 99.5 Å². The molecule has 2 fully saturated rings. The lowest BCUT2D eigenvalue weighted by Gasteiger charge is -2.44. The quantitative estimate of drug-likeness (QED) is 0.706. The Morgan fingerprint density at radius 2 is 1.62 bits per heavy atom. The van der Waals surface area contributed by atoms with Crippen LogP contribution < -0.4 is 11.5 Å². The predicted molar refractivity (Wildman–Crippen MR) is 69.1 cm³/mol. The predicted octanol–water partition coefficient (Wildman–Crippen LogP) is 2.72. The normalized spacial score (nSPS) is 37.2. The smallest absolute Gasteiger partial charge is 0.0522 e. The summed E-state index contributed by atoms with van der Waals surface area (Å²) in [5.41, 5.74) is 13.8. The van der Waals surface area contributed by atoms with Crippen LogP contribution in [0.15, 0.2) is 12.2 Å². The Morgan fingerprint density at radius 3 is 2.25 bits per heavy atom. The van der Waals surface area contributed by atoms with Crippen LogP contribution in [0.1, 0.15) is 57.8 Å². The van der Waals surface area contributed by atoms with Crippen molar-refractivity contribution in [3.63, 3.8) is 0 Å². The summed E-state index contributed by atoms with van der Waals surface area (Å²) in [6.07, 6.45) is 11.2. The lowest BCUT2D eigenvalue weighted by atomic mass is 9.68. The molecule has 2 unspecified atom stereocenters. The summed E-state index contributed by atoms with van der Waals surface area (Å²) in [6.45, 7) is 4.32. The summed E-state index contributed by atoms with van der Waals surface area (Å²) < 4.78 is 0. The lowest BCUT2D eigenvalue weighted by Crippen LogP contribution is -2.59. The average molecular weight is 222 g/mol. The van der Waals surface area contributed by atoms with Crippen LogP contribution in [0.25, 0.3) is 0 Å². The van der Waals surface area contributed by atoms with E-state index in [2.05, 4.69) is 6.58 Å². The van der Waals surface area contributed by atoms with Gasteiger partial charge in [0.05, 0.1) is 5.54 Å². The highest BCUT2D eigenvalue weighted by Crippen LogP contribution is 2.39. The summed E-state index contributed by atoms with van der Waals surface area (Å²) in [4.78, 5) is 0. The molecule has 16 heavy (non-hydrogen) atoms. The molecule has 0 aromatic heterocycles. The van der Waals surface area contributed by atoms with Crippen molar-refractivity contribution in [3.05, 3.63) is 12.2 Å². The Kier molecular flexibility index (Phi) is 3.70. The summed E-state index contributed by atoms with van der Waals surface area (Å²) in [7, 11) is 0. The summed E-state index contributed by atoms with van der Waals surface area (Å²) in [5, 5.41) is 0. The second kappa shape index (κ2) is 4.89. The number of rotatable bonds is 2. The molecule has 0 saturated heterocycles. The molecule has 0 spiro atoms. The molecule has 2 saturated carbocycles. The third kappa shape index (κ3) is 2.18. The van der Waals surface area contributed by atoms with E-state index in [0.29, 0.717) is 5.92 Å². The van der Waals surface area contributed by atoms with Gasteiger partial charge in [-0.1, -0.05) is 44.3 Å². The highest BCUT2D eigenvalue weighted by Gasteiger charge is 2.40.